The molecule has 0 aliphatic rings. The molecule has 0 atom stereocenters. The third-order valence-electron chi connectivity index (χ3n) is 2.17. The molecule has 5 nitrogen and oxygen atoms in total. The van der Waals surface area contributed by atoms with Crippen LogP contribution in [0.25, 0.3) is 0 Å². The molecular weight excluding hydrogens is 209 g/mol. The van der Waals surface area contributed by atoms with Gasteiger partial charge >= 0.3 is 0 Å². The summed E-state index contributed by atoms with van der Waals surface area (Å²) in [5.74, 6) is 0.972. The maximum Gasteiger partial charge on any atom is 0.222 e. The minimum Gasteiger partial charge on any atom is -0.354 e. The van der Waals surface area contributed by atoms with E-state index in [1.165, 1.54) is 0 Å². The van der Waals surface area contributed by atoms with Crippen LogP contribution in [0.1, 0.15) is 5.82 Å². The van der Waals surface area contributed by atoms with Gasteiger partial charge in [0.2, 0.25) is 5.95 Å². The van der Waals surface area contributed by atoms with Crippen molar-refractivity contribution in [1.82, 2.24) is 19.5 Å². The number of aromatic nitrogens is 4. The van der Waals surface area contributed by atoms with Crippen molar-refractivity contribution in [3.8, 4) is 0 Å². The predicted octanol–water partition coefficient (Wildman–Crippen LogP) is 1.00. The third kappa shape index (κ3) is 2.53. The van der Waals surface area contributed by atoms with Crippen LogP contribution in [0.2, 0.25) is 0 Å². The van der Waals surface area contributed by atoms with Crippen LogP contribution < -0.4 is 5.32 Å². The molecular formula is C10H12FN5. The molecule has 6 heteroatoms. The molecule has 2 aromatic heterocycles. The Morgan fingerprint density at radius 2 is 2.06 bits per heavy atom. The Kier molecular flexibility index (Phi) is 3.09. The van der Waals surface area contributed by atoms with Crippen LogP contribution in [0.15, 0.2) is 24.8 Å². The van der Waals surface area contributed by atoms with E-state index in [4.69, 9.17) is 0 Å². The molecule has 0 bridgehead atoms. The molecule has 0 unspecified atom stereocenters. The molecule has 1 N–H and O–H groups in total. The Hall–Kier alpha value is -1.98. The molecule has 0 spiro atoms. The van der Waals surface area contributed by atoms with Gasteiger partial charge in [-0.15, -0.1) is 0 Å². The van der Waals surface area contributed by atoms with Crippen LogP contribution in [0.5, 0.6) is 0 Å². The van der Waals surface area contributed by atoms with E-state index in [1.54, 1.807) is 6.20 Å². The summed E-state index contributed by atoms with van der Waals surface area (Å²) in [6.07, 6.45) is 6.68. The summed E-state index contributed by atoms with van der Waals surface area (Å²) >= 11 is 0. The first-order valence-electron chi connectivity index (χ1n) is 4.93. The van der Waals surface area contributed by atoms with Gasteiger partial charge in [0.15, 0.2) is 5.82 Å². The fourth-order valence-electron chi connectivity index (χ4n) is 1.33. The summed E-state index contributed by atoms with van der Waals surface area (Å²) in [5.41, 5.74) is 0. The Balaban J connectivity index is 1.84. The first-order chi connectivity index (χ1) is 7.75. The maximum absolute atomic E-state index is 12.5. The molecule has 0 amide bonds. The largest absolute Gasteiger partial charge is 0.354 e. The first-order valence-corrected chi connectivity index (χ1v) is 4.93. The van der Waals surface area contributed by atoms with Crippen molar-refractivity contribution in [1.29, 1.82) is 0 Å². The van der Waals surface area contributed by atoms with Crippen molar-refractivity contribution in [2.24, 2.45) is 7.05 Å². The quantitative estimate of drug-likeness (QED) is 0.837. The Bertz CT molecular complexity index is 450. The summed E-state index contributed by atoms with van der Waals surface area (Å²) < 4.78 is 14.5. The Labute approximate surface area is 92.4 Å². The SMILES string of the molecule is Cn1ccnc1CCNc1ncc(F)cn1. The highest BCUT2D eigenvalue weighted by Gasteiger charge is 2.00. The highest BCUT2D eigenvalue weighted by Crippen LogP contribution is 1.99. The summed E-state index contributed by atoms with van der Waals surface area (Å²) in [7, 11) is 1.94. The van der Waals surface area contributed by atoms with E-state index in [1.807, 2.05) is 17.8 Å². The second-order valence-corrected chi connectivity index (χ2v) is 3.36. The second-order valence-electron chi connectivity index (χ2n) is 3.36. The van der Waals surface area contributed by atoms with Gasteiger partial charge in [0, 0.05) is 32.4 Å². The topological polar surface area (TPSA) is 55.6 Å². The number of nitrogens with one attached hydrogen (secondary N) is 1. The van der Waals surface area contributed by atoms with E-state index in [2.05, 4.69) is 20.3 Å². The predicted molar refractivity (Wildman–Crippen MR) is 57.4 cm³/mol. The molecule has 0 saturated heterocycles. The summed E-state index contributed by atoms with van der Waals surface area (Å²) in [6, 6.07) is 0. The highest BCUT2D eigenvalue weighted by atomic mass is 19.1. The molecule has 2 heterocycles. The number of aryl methyl sites for hydroxylation is 1. The zero-order chi connectivity index (χ0) is 11.4. The second kappa shape index (κ2) is 4.69. The van der Waals surface area contributed by atoms with Gasteiger partial charge in [-0.3, -0.25) is 0 Å². The van der Waals surface area contributed by atoms with Crippen molar-refractivity contribution in [2.75, 3.05) is 11.9 Å². The maximum atomic E-state index is 12.5. The standard InChI is InChI=1S/C10H12FN5/c1-16-5-4-12-9(16)2-3-13-10-14-6-8(11)7-15-10/h4-7H,2-3H2,1H3,(H,13,14,15). The van der Waals surface area contributed by atoms with Crippen LogP contribution >= 0.6 is 0 Å². The first kappa shape index (κ1) is 10.5. The summed E-state index contributed by atoms with van der Waals surface area (Å²) in [5, 5.41) is 3.00. The fraction of sp³-hybridized carbons (Fsp3) is 0.300. The van der Waals surface area contributed by atoms with Gasteiger partial charge in [0.1, 0.15) is 5.82 Å². The number of hydrogen-bond donors (Lipinski definition) is 1. The van der Waals surface area contributed by atoms with Crippen LogP contribution in [0, 0.1) is 5.82 Å². The molecule has 84 valence electrons. The van der Waals surface area contributed by atoms with E-state index in [-0.39, 0.29) is 0 Å². The average Bonchev–Trinajstić information content (AvgIpc) is 2.68. The molecule has 0 aromatic carbocycles. The van der Waals surface area contributed by atoms with Crippen molar-refractivity contribution in [3.05, 3.63) is 36.4 Å². The fourth-order valence-corrected chi connectivity index (χ4v) is 1.33. The number of halogens is 1. The summed E-state index contributed by atoms with van der Waals surface area (Å²) in [6.45, 7) is 0.663. The third-order valence-corrected chi connectivity index (χ3v) is 2.17. The van der Waals surface area contributed by atoms with Gasteiger partial charge in [0.25, 0.3) is 0 Å². The molecule has 0 aliphatic carbocycles. The number of nitrogens with zero attached hydrogens (tertiary/aromatic N) is 4. The van der Waals surface area contributed by atoms with Gasteiger partial charge in [-0.05, 0) is 0 Å². The number of anilines is 1. The normalized spacial score (nSPS) is 10.4. The van der Waals surface area contributed by atoms with Crippen LogP contribution in [0.3, 0.4) is 0 Å². The van der Waals surface area contributed by atoms with E-state index in [0.29, 0.717) is 12.5 Å². The van der Waals surface area contributed by atoms with E-state index in [0.717, 1.165) is 24.6 Å². The van der Waals surface area contributed by atoms with Crippen LogP contribution in [-0.4, -0.2) is 26.1 Å². The van der Waals surface area contributed by atoms with E-state index >= 15 is 0 Å². The lowest BCUT2D eigenvalue weighted by Gasteiger charge is -2.04. The van der Waals surface area contributed by atoms with E-state index < -0.39 is 5.82 Å². The van der Waals surface area contributed by atoms with Crippen LogP contribution in [0.4, 0.5) is 10.3 Å². The van der Waals surface area contributed by atoms with Crippen molar-refractivity contribution in [3.63, 3.8) is 0 Å². The lowest BCUT2D eigenvalue weighted by molar-refractivity contribution is 0.614. The molecule has 0 radical (unpaired) electrons. The molecule has 0 fully saturated rings. The molecule has 2 rings (SSSR count). The van der Waals surface area contributed by atoms with Gasteiger partial charge in [-0.1, -0.05) is 0 Å². The number of hydrogen-bond acceptors (Lipinski definition) is 4. The van der Waals surface area contributed by atoms with Crippen molar-refractivity contribution < 1.29 is 4.39 Å². The van der Waals surface area contributed by atoms with Crippen molar-refractivity contribution >= 4 is 5.95 Å². The molecule has 2 aromatic rings. The average molecular weight is 221 g/mol. The number of rotatable bonds is 4. The van der Waals surface area contributed by atoms with Gasteiger partial charge < -0.3 is 9.88 Å². The lowest BCUT2D eigenvalue weighted by atomic mass is 10.4. The Morgan fingerprint density at radius 3 is 2.69 bits per heavy atom. The molecule has 0 aliphatic heterocycles. The van der Waals surface area contributed by atoms with Gasteiger partial charge in [-0.25, -0.2) is 19.3 Å². The zero-order valence-corrected chi connectivity index (χ0v) is 8.89. The molecule has 16 heavy (non-hydrogen) atoms. The monoisotopic (exact) mass is 221 g/mol. The zero-order valence-electron chi connectivity index (χ0n) is 8.89. The summed E-state index contributed by atoms with van der Waals surface area (Å²) in [4.78, 5) is 11.8. The number of imidazole rings is 1. The molecule has 0 saturated carbocycles. The van der Waals surface area contributed by atoms with Crippen LogP contribution in [-0.2, 0) is 13.5 Å². The van der Waals surface area contributed by atoms with Crippen molar-refractivity contribution in [2.45, 2.75) is 6.42 Å². The minimum atomic E-state index is -0.436. The van der Waals surface area contributed by atoms with Gasteiger partial charge in [-0.2, -0.15) is 0 Å². The Morgan fingerprint density at radius 1 is 1.31 bits per heavy atom. The minimum absolute atomic E-state index is 0.426. The highest BCUT2D eigenvalue weighted by molar-refractivity contribution is 5.22. The van der Waals surface area contributed by atoms with E-state index in [9.17, 15) is 4.39 Å². The lowest BCUT2D eigenvalue weighted by Crippen LogP contribution is -2.10. The smallest absolute Gasteiger partial charge is 0.222 e. The van der Waals surface area contributed by atoms with Gasteiger partial charge in [0.05, 0.1) is 12.4 Å².